The largest absolute Gasteiger partial charge is 0.344 e. The number of hydrogen-bond acceptors (Lipinski definition) is 0. The Morgan fingerprint density at radius 2 is 0.609 bits per heavy atom. The molecular weight excluding hydrogens is 555 g/mol. The first kappa shape index (κ1) is 32.5. The van der Waals surface area contributed by atoms with E-state index in [0.29, 0.717) is 0 Å². The van der Waals surface area contributed by atoms with Gasteiger partial charge in [-0.25, -0.2) is 0 Å². The van der Waals surface area contributed by atoms with Crippen LogP contribution in [0.15, 0.2) is 121 Å². The zero-order valence-electron chi connectivity index (χ0n) is 29.0. The van der Waals surface area contributed by atoms with Gasteiger partial charge in [0.05, 0.1) is 0 Å². The van der Waals surface area contributed by atoms with Gasteiger partial charge in [-0.1, -0.05) is 130 Å². The summed E-state index contributed by atoms with van der Waals surface area (Å²) in [5.41, 5.74) is 18.3. The molecule has 7 aromatic rings. The molecule has 46 heavy (non-hydrogen) atoms. The topological polar surface area (TPSA) is 4.93 Å². The van der Waals surface area contributed by atoms with Crippen molar-refractivity contribution in [2.75, 3.05) is 0 Å². The lowest BCUT2D eigenvalue weighted by molar-refractivity contribution is 1.01. The molecule has 0 atom stereocenters. The average Bonchev–Trinajstić information content (AvgIpc) is 3.27. The molecule has 0 saturated heterocycles. The molecule has 0 aliphatic carbocycles. The van der Waals surface area contributed by atoms with Crippen molar-refractivity contribution >= 4 is 21.8 Å². The Morgan fingerprint density at radius 1 is 0.283 bits per heavy atom. The van der Waals surface area contributed by atoms with Crippen LogP contribution in [0.2, 0.25) is 0 Å². The number of hydrogen-bond donors (Lipinski definition) is 0. The first-order valence-electron chi connectivity index (χ1n) is 16.2. The maximum atomic E-state index is 2.28. The quantitative estimate of drug-likeness (QED) is 0.186. The lowest BCUT2D eigenvalue weighted by Crippen LogP contribution is -1.86. The molecule has 1 aromatic heterocycles. The molecule has 1 nitrogen and oxygen atoms in total. The Bertz CT molecular complexity index is 1930. The van der Waals surface area contributed by atoms with Crippen molar-refractivity contribution in [2.24, 2.45) is 7.05 Å². The third-order valence-corrected chi connectivity index (χ3v) is 8.53. The van der Waals surface area contributed by atoms with Gasteiger partial charge in [0.1, 0.15) is 0 Å². The molecule has 0 unspecified atom stereocenters. The third kappa shape index (κ3) is 7.85. The zero-order valence-corrected chi connectivity index (χ0v) is 29.0. The molecule has 1 heterocycles. The summed E-state index contributed by atoms with van der Waals surface area (Å²) in [6.45, 7) is 17.1. The van der Waals surface area contributed by atoms with Crippen molar-refractivity contribution in [1.29, 1.82) is 0 Å². The van der Waals surface area contributed by atoms with E-state index in [1.807, 2.05) is 0 Å². The normalized spacial score (nSPS) is 10.7. The van der Waals surface area contributed by atoms with Gasteiger partial charge in [0, 0.05) is 28.9 Å². The molecule has 0 N–H and O–H groups in total. The van der Waals surface area contributed by atoms with E-state index >= 15 is 0 Å². The van der Waals surface area contributed by atoms with Crippen molar-refractivity contribution in [3.05, 3.63) is 166 Å². The van der Waals surface area contributed by atoms with Gasteiger partial charge in [-0.2, -0.15) is 0 Å². The van der Waals surface area contributed by atoms with Gasteiger partial charge in [0.25, 0.3) is 0 Å². The Hall–Kier alpha value is -4.88. The minimum Gasteiger partial charge on any atom is -0.344 e. The highest BCUT2D eigenvalue weighted by Crippen LogP contribution is 2.30. The molecule has 0 saturated carbocycles. The Balaban J connectivity index is 0.000000147. The lowest BCUT2D eigenvalue weighted by Gasteiger charge is -2.09. The fourth-order valence-electron chi connectivity index (χ4n) is 6.26. The van der Waals surface area contributed by atoms with E-state index in [2.05, 4.69) is 188 Å². The van der Waals surface area contributed by atoms with E-state index < -0.39 is 0 Å². The molecule has 0 fully saturated rings. The second kappa shape index (κ2) is 14.0. The summed E-state index contributed by atoms with van der Waals surface area (Å²) in [6.07, 6.45) is 0. The first-order valence-corrected chi connectivity index (χ1v) is 16.2. The molecule has 6 aromatic carbocycles. The fraction of sp³-hybridized carbons (Fsp3) is 0.200. The summed E-state index contributed by atoms with van der Waals surface area (Å²) < 4.78 is 2.27. The Morgan fingerprint density at radius 3 is 0.978 bits per heavy atom. The summed E-state index contributed by atoms with van der Waals surface area (Å²) in [5, 5.41) is 2.72. The Labute approximate surface area is 276 Å². The summed E-state index contributed by atoms with van der Waals surface area (Å²) in [6, 6.07) is 44.1. The smallest absolute Gasteiger partial charge is 0.0488 e. The number of nitrogens with zero attached hydrogens (tertiary/aromatic N) is 1. The maximum Gasteiger partial charge on any atom is 0.0488 e. The highest BCUT2D eigenvalue weighted by Gasteiger charge is 2.08. The van der Waals surface area contributed by atoms with Crippen LogP contribution in [-0.4, -0.2) is 4.57 Å². The van der Waals surface area contributed by atoms with E-state index in [0.717, 1.165) is 0 Å². The van der Waals surface area contributed by atoms with Gasteiger partial charge in [0.2, 0.25) is 0 Å². The van der Waals surface area contributed by atoms with Crippen LogP contribution in [-0.2, 0) is 7.05 Å². The standard InChI is InChI=1S/C21H20.C15H15N.C9H12/c1-15-4-8-18(9-5-15)20-12-17(3)13-21(14-20)19-10-6-16(2)7-11-19;1-10-4-6-14-12(8-10)13-9-11(2)5-7-15(13)16(14)3;1-7-4-8(2)6-9(3)5-7/h4-14H,1-3H3;4-9H,1-3H3;4-6H,1-3H3. The number of fused-ring (bicyclic) bond motifs is 3. The van der Waals surface area contributed by atoms with Crippen LogP contribution in [0.5, 0.6) is 0 Å². The van der Waals surface area contributed by atoms with Crippen LogP contribution in [0.1, 0.15) is 44.5 Å². The van der Waals surface area contributed by atoms with Crippen molar-refractivity contribution in [1.82, 2.24) is 4.57 Å². The Kier molecular flexibility index (Phi) is 9.93. The molecule has 232 valence electrons. The van der Waals surface area contributed by atoms with Crippen molar-refractivity contribution in [3.63, 3.8) is 0 Å². The highest BCUT2D eigenvalue weighted by atomic mass is 14.9. The van der Waals surface area contributed by atoms with Crippen LogP contribution in [0, 0.1) is 55.4 Å². The highest BCUT2D eigenvalue weighted by molar-refractivity contribution is 6.08. The lowest BCUT2D eigenvalue weighted by atomic mass is 9.96. The van der Waals surface area contributed by atoms with E-state index in [1.54, 1.807) is 0 Å². The van der Waals surface area contributed by atoms with Gasteiger partial charge in [-0.3, -0.25) is 0 Å². The molecule has 7 rings (SSSR count). The molecule has 0 amide bonds. The van der Waals surface area contributed by atoms with Crippen LogP contribution in [0.3, 0.4) is 0 Å². The molecule has 0 spiro atoms. The van der Waals surface area contributed by atoms with Crippen molar-refractivity contribution in [2.45, 2.75) is 55.4 Å². The van der Waals surface area contributed by atoms with Crippen molar-refractivity contribution in [3.8, 4) is 22.3 Å². The van der Waals surface area contributed by atoms with Crippen molar-refractivity contribution < 1.29 is 0 Å². The maximum absolute atomic E-state index is 2.28. The summed E-state index contributed by atoms with van der Waals surface area (Å²) in [7, 11) is 2.13. The SMILES string of the molecule is Cc1cc(C)cc(C)c1.Cc1ccc(-c2cc(C)cc(-c3ccc(C)cc3)c2)cc1.Cc1ccc2c(c1)c1cc(C)ccc1n2C. The molecule has 1 heteroatoms. The van der Waals surface area contributed by atoms with Gasteiger partial charge in [0.15, 0.2) is 0 Å². The number of rotatable bonds is 2. The minimum atomic E-state index is 1.28. The number of aryl methyl sites for hydroxylation is 9. The molecule has 0 aliphatic rings. The van der Waals surface area contributed by atoms with E-state index in [9.17, 15) is 0 Å². The van der Waals surface area contributed by atoms with Gasteiger partial charge in [-0.05, 0) is 114 Å². The summed E-state index contributed by atoms with van der Waals surface area (Å²) in [4.78, 5) is 0. The summed E-state index contributed by atoms with van der Waals surface area (Å²) >= 11 is 0. The van der Waals surface area contributed by atoms with Gasteiger partial charge in [-0.15, -0.1) is 0 Å². The second-order valence-electron chi connectivity index (χ2n) is 13.1. The van der Waals surface area contributed by atoms with Crippen LogP contribution < -0.4 is 0 Å². The molecule has 0 bridgehead atoms. The molecule has 0 radical (unpaired) electrons. The fourth-order valence-corrected chi connectivity index (χ4v) is 6.26. The predicted molar refractivity (Wildman–Crippen MR) is 202 cm³/mol. The monoisotopic (exact) mass is 601 g/mol. The predicted octanol–water partition coefficient (Wildman–Crippen LogP) is 12.5. The third-order valence-electron chi connectivity index (χ3n) is 8.53. The average molecular weight is 602 g/mol. The minimum absolute atomic E-state index is 1.28. The van der Waals surface area contributed by atoms with E-state index in [4.69, 9.17) is 0 Å². The zero-order chi connectivity index (χ0) is 33.0. The number of benzene rings is 6. The number of aromatic nitrogens is 1. The molecular formula is C45H47N. The van der Waals surface area contributed by atoms with Gasteiger partial charge < -0.3 is 4.57 Å². The van der Waals surface area contributed by atoms with Crippen LogP contribution in [0.25, 0.3) is 44.1 Å². The molecule has 0 aliphatic heterocycles. The van der Waals surface area contributed by atoms with Gasteiger partial charge >= 0.3 is 0 Å². The van der Waals surface area contributed by atoms with Crippen LogP contribution in [0.4, 0.5) is 0 Å². The van der Waals surface area contributed by atoms with Crippen LogP contribution >= 0.6 is 0 Å². The second-order valence-corrected chi connectivity index (χ2v) is 13.1. The van der Waals surface area contributed by atoms with E-state index in [-0.39, 0.29) is 0 Å². The van der Waals surface area contributed by atoms with E-state index in [1.165, 1.54) is 88.6 Å². The first-order chi connectivity index (χ1) is 22.0. The summed E-state index contributed by atoms with van der Waals surface area (Å²) in [5.74, 6) is 0.